The van der Waals surface area contributed by atoms with Gasteiger partial charge >= 0.3 is 12.3 Å². The van der Waals surface area contributed by atoms with E-state index in [1.807, 2.05) is 4.57 Å². The number of nitrogens with zero attached hydrogens (tertiary/aromatic N) is 2. The van der Waals surface area contributed by atoms with Gasteiger partial charge in [0, 0.05) is 24.5 Å². The van der Waals surface area contributed by atoms with E-state index in [-0.39, 0.29) is 23.7 Å². The second kappa shape index (κ2) is 14.5. The van der Waals surface area contributed by atoms with E-state index in [0.717, 1.165) is 0 Å². The van der Waals surface area contributed by atoms with Crippen LogP contribution in [0.1, 0.15) is 30.1 Å². The molecule has 216 valence electrons. The van der Waals surface area contributed by atoms with E-state index in [4.69, 9.17) is 14.2 Å². The largest absolute Gasteiger partial charge is 0.573 e. The predicted molar refractivity (Wildman–Crippen MR) is 143 cm³/mol. The quantitative estimate of drug-likeness (QED) is 0.229. The van der Waals surface area contributed by atoms with E-state index >= 15 is 0 Å². The number of carbonyl (C=O) groups excluding carboxylic acids is 2. The molecular formula is C27H30F3N3O6S. The van der Waals surface area contributed by atoms with E-state index < -0.39 is 12.3 Å². The van der Waals surface area contributed by atoms with E-state index in [0.29, 0.717) is 60.2 Å². The van der Waals surface area contributed by atoms with Gasteiger partial charge in [0.15, 0.2) is 4.80 Å². The van der Waals surface area contributed by atoms with Crippen LogP contribution in [0.25, 0.3) is 11.3 Å². The minimum Gasteiger partial charge on any atom is -0.497 e. The van der Waals surface area contributed by atoms with Crippen molar-refractivity contribution in [3.8, 4) is 28.5 Å². The lowest BCUT2D eigenvalue weighted by atomic mass is 10.1. The molecule has 1 amide bonds. The van der Waals surface area contributed by atoms with Crippen LogP contribution in [0.15, 0.2) is 52.8 Å². The Morgan fingerprint density at radius 3 is 2.40 bits per heavy atom. The molecule has 40 heavy (non-hydrogen) atoms. The van der Waals surface area contributed by atoms with Gasteiger partial charge in [0.25, 0.3) is 5.91 Å². The predicted octanol–water partition coefficient (Wildman–Crippen LogP) is 4.81. The average molecular weight is 582 g/mol. The van der Waals surface area contributed by atoms with Gasteiger partial charge in [-0.2, -0.15) is 4.99 Å². The summed E-state index contributed by atoms with van der Waals surface area (Å²) in [4.78, 5) is 29.4. The highest BCUT2D eigenvalue weighted by molar-refractivity contribution is 7.07. The lowest BCUT2D eigenvalue weighted by Gasteiger charge is -2.12. The minimum absolute atomic E-state index is 0.246. The van der Waals surface area contributed by atoms with Crippen LogP contribution in [0.4, 0.5) is 13.2 Å². The maximum atomic E-state index is 13.1. The monoisotopic (exact) mass is 581 g/mol. The van der Waals surface area contributed by atoms with Crippen molar-refractivity contribution >= 4 is 23.2 Å². The molecule has 3 rings (SSSR count). The first-order valence-electron chi connectivity index (χ1n) is 12.4. The fourth-order valence-corrected chi connectivity index (χ4v) is 4.66. The Hall–Kier alpha value is -3.84. The topological polar surface area (TPSA) is 100 Å². The summed E-state index contributed by atoms with van der Waals surface area (Å²) in [5.41, 5.74) is 1.54. The highest BCUT2D eigenvalue weighted by Gasteiger charge is 2.31. The lowest BCUT2D eigenvalue weighted by Crippen LogP contribution is -2.24. The number of benzene rings is 2. The summed E-state index contributed by atoms with van der Waals surface area (Å²) in [6.45, 7) is 3.54. The standard InChI is InChI=1S/C27H30F3N3O6S/c1-4-38-24(34)12-14-31-13-5-15-33-22(18-6-8-19(9-7-18)39-27(28,29)30)17-40-26(33)32-25(35)21-11-10-20(36-2)16-23(21)37-3/h6-11,16-17,31H,4-5,12-15H2,1-3H3/b32-26-. The zero-order valence-electron chi connectivity index (χ0n) is 22.2. The highest BCUT2D eigenvalue weighted by Crippen LogP contribution is 2.28. The Bertz CT molecular complexity index is 1350. The fourth-order valence-electron chi connectivity index (χ4n) is 3.73. The highest BCUT2D eigenvalue weighted by atomic mass is 32.1. The van der Waals surface area contributed by atoms with Crippen LogP contribution in [-0.4, -0.2) is 56.7 Å². The summed E-state index contributed by atoms with van der Waals surface area (Å²) in [7, 11) is 2.94. The number of aromatic nitrogens is 1. The number of halogens is 3. The van der Waals surface area contributed by atoms with Crippen LogP contribution < -0.4 is 24.3 Å². The summed E-state index contributed by atoms with van der Waals surface area (Å²) in [5.74, 6) is -0.313. The van der Waals surface area contributed by atoms with Crippen molar-refractivity contribution in [3.63, 3.8) is 0 Å². The van der Waals surface area contributed by atoms with Gasteiger partial charge in [0.05, 0.1) is 38.5 Å². The van der Waals surface area contributed by atoms with Gasteiger partial charge in [-0.25, -0.2) is 0 Å². The number of rotatable bonds is 13. The van der Waals surface area contributed by atoms with Gasteiger partial charge in [0.1, 0.15) is 17.2 Å². The van der Waals surface area contributed by atoms with Crippen molar-refractivity contribution < 1.29 is 41.7 Å². The SMILES string of the molecule is CCOC(=O)CCNCCCn1c(-c2ccc(OC(F)(F)F)cc2)cs/c1=N\C(=O)c1ccc(OC)cc1OC. The summed E-state index contributed by atoms with van der Waals surface area (Å²) >= 11 is 1.22. The maximum absolute atomic E-state index is 13.1. The molecule has 3 aromatic rings. The number of nitrogens with one attached hydrogen (secondary N) is 1. The van der Waals surface area contributed by atoms with E-state index in [9.17, 15) is 22.8 Å². The molecule has 1 N–H and O–H groups in total. The molecule has 0 saturated carbocycles. The number of hydrogen-bond donors (Lipinski definition) is 1. The smallest absolute Gasteiger partial charge is 0.497 e. The van der Waals surface area contributed by atoms with Crippen molar-refractivity contribution in [1.82, 2.24) is 9.88 Å². The Labute approximate surface area is 233 Å². The zero-order valence-corrected chi connectivity index (χ0v) is 23.1. The minimum atomic E-state index is -4.79. The van der Waals surface area contributed by atoms with Crippen LogP contribution in [0.5, 0.6) is 17.2 Å². The maximum Gasteiger partial charge on any atom is 0.573 e. The molecular weight excluding hydrogens is 551 g/mol. The van der Waals surface area contributed by atoms with E-state index in [2.05, 4.69) is 15.0 Å². The molecule has 0 bridgehead atoms. The Morgan fingerprint density at radius 2 is 1.75 bits per heavy atom. The summed E-state index contributed by atoms with van der Waals surface area (Å²) in [5, 5.41) is 4.96. The molecule has 1 heterocycles. The number of carbonyl (C=O) groups is 2. The summed E-state index contributed by atoms with van der Waals surface area (Å²) in [6, 6.07) is 10.3. The third-order valence-electron chi connectivity index (χ3n) is 5.56. The second-order valence-electron chi connectivity index (χ2n) is 8.27. The first kappa shape index (κ1) is 30.7. The zero-order chi connectivity index (χ0) is 29.1. The summed E-state index contributed by atoms with van der Waals surface area (Å²) in [6.07, 6.45) is -3.93. The average Bonchev–Trinajstić information content (AvgIpc) is 3.31. The van der Waals surface area contributed by atoms with Crippen molar-refractivity contribution in [2.75, 3.05) is 33.9 Å². The van der Waals surface area contributed by atoms with Crippen LogP contribution in [0, 0.1) is 0 Å². The molecule has 0 radical (unpaired) electrons. The Morgan fingerprint density at radius 1 is 1.02 bits per heavy atom. The Kier molecular flexibility index (Phi) is 11.1. The number of alkyl halides is 3. The molecule has 0 aliphatic heterocycles. The van der Waals surface area contributed by atoms with Gasteiger partial charge in [0.2, 0.25) is 0 Å². The molecule has 13 heteroatoms. The molecule has 9 nitrogen and oxygen atoms in total. The second-order valence-corrected chi connectivity index (χ2v) is 9.11. The van der Waals surface area contributed by atoms with Crippen LogP contribution in [-0.2, 0) is 16.1 Å². The molecule has 0 unspecified atom stereocenters. The van der Waals surface area contributed by atoms with Crippen molar-refractivity contribution in [3.05, 3.63) is 58.2 Å². The molecule has 0 aliphatic rings. The molecule has 0 saturated heterocycles. The number of hydrogen-bond acceptors (Lipinski definition) is 8. The third-order valence-corrected chi connectivity index (χ3v) is 6.43. The number of amides is 1. The van der Waals surface area contributed by atoms with Gasteiger partial charge < -0.3 is 28.8 Å². The fraction of sp³-hybridized carbons (Fsp3) is 0.370. The first-order valence-corrected chi connectivity index (χ1v) is 13.2. The number of esters is 1. The van der Waals surface area contributed by atoms with Gasteiger partial charge in [-0.05, 0) is 61.9 Å². The van der Waals surface area contributed by atoms with Crippen LogP contribution in [0.3, 0.4) is 0 Å². The third kappa shape index (κ3) is 8.85. The molecule has 2 aromatic carbocycles. The van der Waals surface area contributed by atoms with E-state index in [1.165, 1.54) is 49.8 Å². The van der Waals surface area contributed by atoms with Crippen molar-refractivity contribution in [2.24, 2.45) is 4.99 Å². The van der Waals surface area contributed by atoms with Gasteiger partial charge in [-0.15, -0.1) is 24.5 Å². The van der Waals surface area contributed by atoms with Gasteiger partial charge in [-0.3, -0.25) is 9.59 Å². The first-order chi connectivity index (χ1) is 19.1. The van der Waals surface area contributed by atoms with Crippen LogP contribution >= 0.6 is 11.3 Å². The van der Waals surface area contributed by atoms with Crippen molar-refractivity contribution in [1.29, 1.82) is 0 Å². The molecule has 0 spiro atoms. The van der Waals surface area contributed by atoms with Gasteiger partial charge in [-0.1, -0.05) is 0 Å². The van der Waals surface area contributed by atoms with Crippen molar-refractivity contribution in [2.45, 2.75) is 32.7 Å². The normalized spacial score (nSPS) is 11.8. The summed E-state index contributed by atoms with van der Waals surface area (Å²) < 4.78 is 59.0. The van der Waals surface area contributed by atoms with Crippen LogP contribution in [0.2, 0.25) is 0 Å². The molecule has 0 atom stereocenters. The number of ether oxygens (including phenoxy) is 4. The number of methoxy groups -OCH3 is 2. The molecule has 1 aromatic heterocycles. The van der Waals surface area contributed by atoms with E-state index in [1.54, 1.807) is 30.5 Å². The lowest BCUT2D eigenvalue weighted by molar-refractivity contribution is -0.274. The Balaban J connectivity index is 1.86. The molecule has 0 fully saturated rings. The molecule has 0 aliphatic carbocycles. The number of thiazole rings is 1.